The highest BCUT2D eigenvalue weighted by Crippen LogP contribution is 2.31. The summed E-state index contributed by atoms with van der Waals surface area (Å²) in [6, 6.07) is -0.0108. The van der Waals surface area contributed by atoms with E-state index in [0.717, 1.165) is 31.6 Å². The Balaban J connectivity index is 1.76. The average Bonchev–Trinajstić information content (AvgIpc) is 2.67. The molecular weight excluding hydrogens is 206 g/mol. The molecule has 3 N–H and O–H groups in total. The van der Waals surface area contributed by atoms with Crippen LogP contribution in [0.1, 0.15) is 32.6 Å². The van der Waals surface area contributed by atoms with Crippen LogP contribution in [0.3, 0.4) is 0 Å². The fraction of sp³-hybridized carbons (Fsp3) is 1.00. The van der Waals surface area contributed by atoms with E-state index in [9.17, 15) is 10.2 Å². The van der Waals surface area contributed by atoms with Gasteiger partial charge in [-0.1, -0.05) is 6.92 Å². The van der Waals surface area contributed by atoms with Gasteiger partial charge in [0.1, 0.15) is 0 Å². The van der Waals surface area contributed by atoms with Crippen molar-refractivity contribution in [3.8, 4) is 0 Å². The molecule has 1 saturated carbocycles. The van der Waals surface area contributed by atoms with E-state index < -0.39 is 11.7 Å². The van der Waals surface area contributed by atoms with E-state index in [1.807, 2.05) is 0 Å². The first-order chi connectivity index (χ1) is 7.59. The third-order valence-electron chi connectivity index (χ3n) is 3.95. The fourth-order valence-electron chi connectivity index (χ4n) is 2.54. The van der Waals surface area contributed by atoms with Crippen molar-refractivity contribution < 1.29 is 14.9 Å². The van der Waals surface area contributed by atoms with Crippen molar-refractivity contribution >= 4 is 0 Å². The SMILES string of the molecule is CC1CCC(O)(CNC2COCC2O)CC1. The first-order valence-electron chi connectivity index (χ1n) is 6.31. The molecule has 0 radical (unpaired) electrons. The first-order valence-corrected chi connectivity index (χ1v) is 6.31. The topological polar surface area (TPSA) is 61.7 Å². The van der Waals surface area contributed by atoms with Crippen LogP contribution < -0.4 is 5.32 Å². The Hall–Kier alpha value is -0.160. The Morgan fingerprint density at radius 2 is 2.00 bits per heavy atom. The maximum Gasteiger partial charge on any atom is 0.0948 e. The van der Waals surface area contributed by atoms with Gasteiger partial charge < -0.3 is 20.3 Å². The van der Waals surface area contributed by atoms with Gasteiger partial charge in [0.2, 0.25) is 0 Å². The number of hydrogen-bond donors (Lipinski definition) is 3. The van der Waals surface area contributed by atoms with E-state index in [2.05, 4.69) is 12.2 Å². The molecule has 1 aliphatic heterocycles. The van der Waals surface area contributed by atoms with Crippen LogP contribution in [-0.4, -0.2) is 47.7 Å². The molecule has 2 aliphatic rings. The maximum atomic E-state index is 10.4. The molecule has 94 valence electrons. The maximum absolute atomic E-state index is 10.4. The lowest BCUT2D eigenvalue weighted by Gasteiger charge is -2.36. The summed E-state index contributed by atoms with van der Waals surface area (Å²) in [4.78, 5) is 0. The van der Waals surface area contributed by atoms with E-state index in [0.29, 0.717) is 19.8 Å². The van der Waals surface area contributed by atoms with Crippen molar-refractivity contribution in [2.45, 2.75) is 50.4 Å². The monoisotopic (exact) mass is 229 g/mol. The number of ether oxygens (including phenoxy) is 1. The Morgan fingerprint density at radius 1 is 1.31 bits per heavy atom. The molecule has 16 heavy (non-hydrogen) atoms. The van der Waals surface area contributed by atoms with Gasteiger partial charge in [-0.3, -0.25) is 0 Å². The largest absolute Gasteiger partial charge is 0.389 e. The number of aliphatic hydroxyl groups excluding tert-OH is 1. The number of hydrogen-bond acceptors (Lipinski definition) is 4. The van der Waals surface area contributed by atoms with Crippen molar-refractivity contribution in [1.82, 2.24) is 5.32 Å². The Morgan fingerprint density at radius 3 is 2.56 bits per heavy atom. The molecule has 0 aromatic carbocycles. The summed E-state index contributed by atoms with van der Waals surface area (Å²) in [5, 5.41) is 23.2. The summed E-state index contributed by atoms with van der Waals surface area (Å²) in [6.45, 7) is 3.77. The molecule has 0 aromatic rings. The van der Waals surface area contributed by atoms with Crippen molar-refractivity contribution in [3.63, 3.8) is 0 Å². The number of nitrogens with one attached hydrogen (secondary N) is 1. The van der Waals surface area contributed by atoms with Crippen molar-refractivity contribution in [1.29, 1.82) is 0 Å². The molecule has 2 fully saturated rings. The molecule has 1 saturated heterocycles. The van der Waals surface area contributed by atoms with E-state index in [1.54, 1.807) is 0 Å². The quantitative estimate of drug-likeness (QED) is 0.650. The van der Waals surface area contributed by atoms with Crippen LogP contribution >= 0.6 is 0 Å². The van der Waals surface area contributed by atoms with Gasteiger partial charge in [-0.25, -0.2) is 0 Å². The van der Waals surface area contributed by atoms with Crippen LogP contribution in [0.15, 0.2) is 0 Å². The molecule has 4 nitrogen and oxygen atoms in total. The minimum Gasteiger partial charge on any atom is -0.389 e. The molecule has 1 heterocycles. The second-order valence-corrected chi connectivity index (χ2v) is 5.50. The summed E-state index contributed by atoms with van der Waals surface area (Å²) < 4.78 is 5.17. The van der Waals surface area contributed by atoms with Crippen molar-refractivity contribution in [3.05, 3.63) is 0 Å². The van der Waals surface area contributed by atoms with Crippen molar-refractivity contribution in [2.24, 2.45) is 5.92 Å². The summed E-state index contributed by atoms with van der Waals surface area (Å²) in [5.74, 6) is 0.737. The third-order valence-corrected chi connectivity index (χ3v) is 3.95. The summed E-state index contributed by atoms with van der Waals surface area (Å²) in [7, 11) is 0. The summed E-state index contributed by atoms with van der Waals surface area (Å²) in [5.41, 5.74) is -0.575. The van der Waals surface area contributed by atoms with Gasteiger partial charge in [0, 0.05) is 6.54 Å². The normalized spacial score (nSPS) is 44.8. The highest BCUT2D eigenvalue weighted by molar-refractivity contribution is 4.89. The first kappa shape index (κ1) is 12.3. The Kier molecular flexibility index (Phi) is 3.85. The fourth-order valence-corrected chi connectivity index (χ4v) is 2.54. The minimum absolute atomic E-state index is 0.0108. The molecular formula is C12H23NO3. The molecule has 2 atom stereocenters. The van der Waals surface area contributed by atoms with Gasteiger partial charge in [0.05, 0.1) is 31.0 Å². The molecule has 2 unspecified atom stereocenters. The molecule has 0 amide bonds. The van der Waals surface area contributed by atoms with Gasteiger partial charge in [0.25, 0.3) is 0 Å². The number of rotatable bonds is 3. The second kappa shape index (κ2) is 5.00. The van der Waals surface area contributed by atoms with Crippen LogP contribution in [0, 0.1) is 5.92 Å². The highest BCUT2D eigenvalue weighted by Gasteiger charge is 2.34. The Labute approximate surface area is 97.0 Å². The molecule has 0 spiro atoms. The van der Waals surface area contributed by atoms with E-state index in [1.165, 1.54) is 0 Å². The lowest BCUT2D eigenvalue weighted by molar-refractivity contribution is -0.0106. The molecule has 4 heteroatoms. The lowest BCUT2D eigenvalue weighted by atomic mass is 9.79. The van der Waals surface area contributed by atoms with Gasteiger partial charge in [0.15, 0.2) is 0 Å². The van der Waals surface area contributed by atoms with Gasteiger partial charge in [-0.05, 0) is 31.6 Å². The summed E-state index contributed by atoms with van der Waals surface area (Å²) in [6.07, 6.45) is 3.51. The molecule has 0 bridgehead atoms. The minimum atomic E-state index is -0.575. The van der Waals surface area contributed by atoms with Gasteiger partial charge in [-0.2, -0.15) is 0 Å². The predicted octanol–water partition coefficient (Wildman–Crippen LogP) is 0.277. The average molecular weight is 229 g/mol. The van der Waals surface area contributed by atoms with E-state index in [4.69, 9.17) is 4.74 Å². The van der Waals surface area contributed by atoms with Gasteiger partial charge >= 0.3 is 0 Å². The summed E-state index contributed by atoms with van der Waals surface area (Å²) >= 11 is 0. The predicted molar refractivity (Wildman–Crippen MR) is 61.2 cm³/mol. The van der Waals surface area contributed by atoms with Crippen LogP contribution in [0.4, 0.5) is 0 Å². The standard InChI is InChI=1S/C12H23NO3/c1-9-2-4-12(15,5-3-9)8-13-10-6-16-7-11(10)14/h9-11,13-15H,2-8H2,1H3. The van der Waals surface area contributed by atoms with Crippen LogP contribution in [0.5, 0.6) is 0 Å². The van der Waals surface area contributed by atoms with E-state index >= 15 is 0 Å². The smallest absolute Gasteiger partial charge is 0.0948 e. The lowest BCUT2D eigenvalue weighted by Crippen LogP contribution is -2.49. The number of aliphatic hydroxyl groups is 2. The van der Waals surface area contributed by atoms with Crippen LogP contribution in [0.2, 0.25) is 0 Å². The Bertz CT molecular complexity index is 226. The molecule has 0 aromatic heterocycles. The zero-order chi connectivity index (χ0) is 11.6. The van der Waals surface area contributed by atoms with Gasteiger partial charge in [-0.15, -0.1) is 0 Å². The molecule has 2 rings (SSSR count). The van der Waals surface area contributed by atoms with Crippen molar-refractivity contribution in [2.75, 3.05) is 19.8 Å². The van der Waals surface area contributed by atoms with Crippen LogP contribution in [-0.2, 0) is 4.74 Å². The second-order valence-electron chi connectivity index (χ2n) is 5.50. The zero-order valence-electron chi connectivity index (χ0n) is 9.98. The van der Waals surface area contributed by atoms with Crippen LogP contribution in [0.25, 0.3) is 0 Å². The van der Waals surface area contributed by atoms with E-state index in [-0.39, 0.29) is 6.04 Å². The molecule has 1 aliphatic carbocycles. The zero-order valence-corrected chi connectivity index (χ0v) is 9.98. The highest BCUT2D eigenvalue weighted by atomic mass is 16.5. The third kappa shape index (κ3) is 2.94.